The summed E-state index contributed by atoms with van der Waals surface area (Å²) in [6.07, 6.45) is 0.697. The van der Waals surface area contributed by atoms with Crippen LogP contribution < -0.4 is 0 Å². The first-order chi connectivity index (χ1) is 15.3. The number of esters is 1. The number of ether oxygens (including phenoxy) is 2. The minimum Gasteiger partial charge on any atom is -0.459 e. The van der Waals surface area contributed by atoms with Gasteiger partial charge in [0.1, 0.15) is 12.7 Å². The summed E-state index contributed by atoms with van der Waals surface area (Å²) in [5.74, 6) is -0.0306. The number of nitro groups is 1. The van der Waals surface area contributed by atoms with Crippen LogP contribution >= 0.6 is 23.2 Å². The first-order valence-electron chi connectivity index (χ1n) is 10.1. The second-order valence-corrected chi connectivity index (χ2v) is 8.93. The number of nitro benzene ring substituents is 1. The number of rotatable bonds is 5. The lowest BCUT2D eigenvalue weighted by Crippen LogP contribution is -2.31. The second kappa shape index (κ2) is 9.34. The zero-order valence-corrected chi connectivity index (χ0v) is 18.4. The van der Waals surface area contributed by atoms with Crippen molar-refractivity contribution in [3.8, 4) is 0 Å². The Morgan fingerprint density at radius 1 is 1.03 bits per heavy atom. The summed E-state index contributed by atoms with van der Waals surface area (Å²) < 4.78 is 11.0. The van der Waals surface area contributed by atoms with Crippen LogP contribution in [0.3, 0.4) is 0 Å². The van der Waals surface area contributed by atoms with Gasteiger partial charge in [-0.3, -0.25) is 10.1 Å². The Balaban J connectivity index is 1.25. The smallest absolute Gasteiger partial charge is 0.410 e. The molecule has 0 spiro atoms. The lowest BCUT2D eigenvalue weighted by atomic mass is 10.0. The first kappa shape index (κ1) is 22.4. The predicted molar refractivity (Wildman–Crippen MR) is 117 cm³/mol. The Bertz CT molecular complexity index is 1010. The average molecular weight is 479 g/mol. The van der Waals surface area contributed by atoms with Gasteiger partial charge >= 0.3 is 12.1 Å². The van der Waals surface area contributed by atoms with Crippen LogP contribution in [0, 0.1) is 22.0 Å². The quantitative estimate of drug-likeness (QED) is 0.336. The molecule has 1 unspecified atom stereocenters. The molecule has 0 bridgehead atoms. The third kappa shape index (κ3) is 5.14. The van der Waals surface area contributed by atoms with Gasteiger partial charge in [-0.25, -0.2) is 9.59 Å². The molecule has 1 amide bonds. The number of carbonyl (C=O) groups is 2. The van der Waals surface area contributed by atoms with Crippen molar-refractivity contribution >= 4 is 41.0 Å². The van der Waals surface area contributed by atoms with Gasteiger partial charge in [0.2, 0.25) is 0 Å². The molecule has 3 atom stereocenters. The standard InChI is InChI=1S/C22H20Cl2N2O6/c23-17-5-13(6-18(24)9-17)12-31-22(28)25-10-15-7-20(8-16(15)11-25)32-21(27)14-1-3-19(4-2-14)26(29)30/h1-6,9,15-16,20H,7-8,10-12H2/t15-,16+,20?. The van der Waals surface area contributed by atoms with Crippen molar-refractivity contribution in [2.75, 3.05) is 13.1 Å². The molecule has 2 aromatic rings. The summed E-state index contributed by atoms with van der Waals surface area (Å²) in [6.45, 7) is 1.18. The molecule has 1 heterocycles. The van der Waals surface area contributed by atoms with Gasteiger partial charge in [-0.15, -0.1) is 0 Å². The van der Waals surface area contributed by atoms with Gasteiger partial charge in [-0.2, -0.15) is 0 Å². The van der Waals surface area contributed by atoms with Crippen LogP contribution in [0.4, 0.5) is 10.5 Å². The zero-order valence-electron chi connectivity index (χ0n) is 16.9. The van der Waals surface area contributed by atoms with Gasteiger partial charge in [0.15, 0.2) is 0 Å². The molecule has 32 heavy (non-hydrogen) atoms. The lowest BCUT2D eigenvalue weighted by molar-refractivity contribution is -0.384. The third-order valence-electron chi connectivity index (χ3n) is 5.84. The van der Waals surface area contributed by atoms with E-state index in [0.29, 0.717) is 41.5 Å². The van der Waals surface area contributed by atoms with Crippen molar-refractivity contribution in [1.29, 1.82) is 0 Å². The summed E-state index contributed by atoms with van der Waals surface area (Å²) in [6, 6.07) is 10.3. The van der Waals surface area contributed by atoms with Crippen LogP contribution in [0.1, 0.15) is 28.8 Å². The number of benzene rings is 2. The molecule has 2 fully saturated rings. The molecule has 0 aromatic heterocycles. The molecule has 1 saturated heterocycles. The summed E-state index contributed by atoms with van der Waals surface area (Å²) >= 11 is 11.9. The molecular formula is C22H20Cl2N2O6. The predicted octanol–water partition coefficient (Wildman–Crippen LogP) is 5.11. The molecule has 1 aliphatic carbocycles. The van der Waals surface area contributed by atoms with E-state index in [9.17, 15) is 19.7 Å². The van der Waals surface area contributed by atoms with Crippen LogP contribution in [0.25, 0.3) is 0 Å². The zero-order chi connectivity index (χ0) is 22.8. The summed E-state index contributed by atoms with van der Waals surface area (Å²) in [5.41, 5.74) is 0.912. The van der Waals surface area contributed by atoms with E-state index in [0.717, 1.165) is 0 Å². The average Bonchev–Trinajstić information content (AvgIpc) is 3.30. The molecule has 168 valence electrons. The molecule has 0 N–H and O–H groups in total. The normalized spacial score (nSPS) is 21.8. The molecule has 10 heteroatoms. The summed E-state index contributed by atoms with van der Waals surface area (Å²) in [7, 11) is 0. The van der Waals surface area contributed by atoms with E-state index >= 15 is 0 Å². The highest BCUT2D eigenvalue weighted by Gasteiger charge is 2.44. The molecule has 1 saturated carbocycles. The minimum absolute atomic E-state index is 0.0811. The van der Waals surface area contributed by atoms with E-state index in [2.05, 4.69) is 0 Å². The van der Waals surface area contributed by atoms with Crippen LogP contribution in [-0.2, 0) is 16.1 Å². The van der Waals surface area contributed by atoms with Gasteiger partial charge in [0.05, 0.1) is 10.5 Å². The Morgan fingerprint density at radius 3 is 2.19 bits per heavy atom. The van der Waals surface area contributed by atoms with Crippen molar-refractivity contribution < 1.29 is 24.0 Å². The number of hydrogen-bond acceptors (Lipinski definition) is 6. The number of carbonyl (C=O) groups excluding carboxylic acids is 2. The number of non-ortho nitro benzene ring substituents is 1. The van der Waals surface area contributed by atoms with Gasteiger partial charge in [0.25, 0.3) is 5.69 Å². The van der Waals surface area contributed by atoms with Crippen LogP contribution in [0.5, 0.6) is 0 Å². The third-order valence-corrected chi connectivity index (χ3v) is 6.27. The number of amides is 1. The van der Waals surface area contributed by atoms with Crippen molar-refractivity contribution in [3.63, 3.8) is 0 Å². The van der Waals surface area contributed by atoms with Gasteiger partial charge < -0.3 is 14.4 Å². The summed E-state index contributed by atoms with van der Waals surface area (Å²) in [5, 5.41) is 11.7. The van der Waals surface area contributed by atoms with Gasteiger partial charge in [-0.1, -0.05) is 23.2 Å². The Labute approximate surface area is 194 Å². The summed E-state index contributed by atoms with van der Waals surface area (Å²) in [4.78, 5) is 36.7. The fourth-order valence-electron chi connectivity index (χ4n) is 4.36. The van der Waals surface area contributed by atoms with E-state index in [1.807, 2.05) is 0 Å². The maximum atomic E-state index is 12.4. The van der Waals surface area contributed by atoms with Crippen molar-refractivity contribution in [3.05, 3.63) is 73.8 Å². The van der Waals surface area contributed by atoms with E-state index < -0.39 is 17.0 Å². The molecular weight excluding hydrogens is 459 g/mol. The SMILES string of the molecule is O=C(OC1C[C@@H]2CN(C(=O)OCc3cc(Cl)cc(Cl)c3)C[C@@H]2C1)c1ccc([N+](=O)[O-])cc1. The largest absolute Gasteiger partial charge is 0.459 e. The Morgan fingerprint density at radius 2 is 1.62 bits per heavy atom. The van der Waals surface area contributed by atoms with E-state index in [4.69, 9.17) is 32.7 Å². The highest BCUT2D eigenvalue weighted by Crippen LogP contribution is 2.40. The fourth-order valence-corrected chi connectivity index (χ4v) is 4.93. The van der Waals surface area contributed by atoms with Crippen LogP contribution in [-0.4, -0.2) is 41.1 Å². The second-order valence-electron chi connectivity index (χ2n) is 8.06. The van der Waals surface area contributed by atoms with Crippen LogP contribution in [0.15, 0.2) is 42.5 Å². The van der Waals surface area contributed by atoms with Crippen molar-refractivity contribution in [2.24, 2.45) is 11.8 Å². The fraction of sp³-hybridized carbons (Fsp3) is 0.364. The highest BCUT2D eigenvalue weighted by molar-refractivity contribution is 6.34. The lowest BCUT2D eigenvalue weighted by Gasteiger charge is -2.19. The Kier molecular flexibility index (Phi) is 6.53. The topological polar surface area (TPSA) is 99.0 Å². The molecule has 4 rings (SSSR count). The maximum absolute atomic E-state index is 12.4. The van der Waals surface area contributed by atoms with Crippen molar-refractivity contribution in [2.45, 2.75) is 25.6 Å². The van der Waals surface area contributed by atoms with Crippen molar-refractivity contribution in [1.82, 2.24) is 4.90 Å². The molecule has 2 aliphatic rings. The molecule has 2 aromatic carbocycles. The number of hydrogen-bond donors (Lipinski definition) is 0. The molecule has 1 aliphatic heterocycles. The monoisotopic (exact) mass is 478 g/mol. The molecule has 0 radical (unpaired) electrons. The minimum atomic E-state index is -0.520. The highest BCUT2D eigenvalue weighted by atomic mass is 35.5. The number of nitrogens with zero attached hydrogens (tertiary/aromatic N) is 2. The number of fused-ring (bicyclic) bond motifs is 1. The van der Waals surface area contributed by atoms with E-state index in [1.54, 1.807) is 23.1 Å². The van der Waals surface area contributed by atoms with E-state index in [-0.39, 0.29) is 35.8 Å². The Hall–Kier alpha value is -2.84. The maximum Gasteiger partial charge on any atom is 0.410 e. The van der Waals surface area contributed by atoms with Crippen LogP contribution in [0.2, 0.25) is 10.0 Å². The molecule has 8 nitrogen and oxygen atoms in total. The van der Waals surface area contributed by atoms with Gasteiger partial charge in [0, 0.05) is 35.3 Å². The van der Waals surface area contributed by atoms with E-state index in [1.165, 1.54) is 24.3 Å². The van der Waals surface area contributed by atoms with Gasteiger partial charge in [-0.05, 0) is 60.6 Å². The number of likely N-dealkylation sites (tertiary alicyclic amines) is 1. The first-order valence-corrected chi connectivity index (χ1v) is 10.9. The number of halogens is 2.